The van der Waals surface area contributed by atoms with Gasteiger partial charge >= 0.3 is 0 Å². The number of nitrogens with one attached hydrogen (secondary N) is 1. The topological polar surface area (TPSA) is 34.2 Å². The van der Waals surface area contributed by atoms with Crippen LogP contribution in [0.2, 0.25) is 0 Å². The van der Waals surface area contributed by atoms with Gasteiger partial charge in [-0.25, -0.2) is 0 Å². The van der Waals surface area contributed by atoms with E-state index >= 15 is 0 Å². The largest absolute Gasteiger partial charge is 0.472 e. The molecule has 0 bridgehead atoms. The van der Waals surface area contributed by atoms with E-state index in [2.05, 4.69) is 38.4 Å². The fraction of sp³-hybridized carbons (Fsp3) is 0.154. The van der Waals surface area contributed by atoms with Crippen molar-refractivity contribution in [2.75, 3.05) is 12.4 Å². The van der Waals surface area contributed by atoms with Crippen molar-refractivity contribution in [2.24, 2.45) is 0 Å². The highest BCUT2D eigenvalue weighted by Gasteiger charge is 2.18. The highest BCUT2D eigenvalue weighted by atomic mass is 79.9. The molecule has 0 radical (unpaired) electrons. The Labute approximate surface area is 108 Å². The van der Waals surface area contributed by atoms with Crippen molar-refractivity contribution in [1.82, 2.24) is 4.98 Å². The quantitative estimate of drug-likeness (QED) is 0.874. The van der Waals surface area contributed by atoms with Crippen molar-refractivity contribution < 1.29 is 4.74 Å². The second-order valence-corrected chi connectivity index (χ2v) is 4.81. The number of rotatable bonds is 1. The van der Waals surface area contributed by atoms with Gasteiger partial charge in [0.15, 0.2) is 0 Å². The van der Waals surface area contributed by atoms with E-state index in [9.17, 15) is 0 Å². The third-order valence-electron chi connectivity index (χ3n) is 2.84. The summed E-state index contributed by atoms with van der Waals surface area (Å²) in [6.07, 6.45) is 0. The van der Waals surface area contributed by atoms with E-state index in [4.69, 9.17) is 4.74 Å². The maximum atomic E-state index is 5.68. The van der Waals surface area contributed by atoms with Gasteiger partial charge in [0, 0.05) is 17.1 Å². The Morgan fingerprint density at radius 2 is 2.06 bits per heavy atom. The molecule has 1 N–H and O–H groups in total. The molecular formula is C13H11BrN2O. The van der Waals surface area contributed by atoms with Crippen LogP contribution in [-0.4, -0.2) is 12.0 Å². The van der Waals surface area contributed by atoms with Gasteiger partial charge in [-0.2, -0.15) is 4.98 Å². The van der Waals surface area contributed by atoms with Crippen molar-refractivity contribution in [3.05, 3.63) is 40.4 Å². The van der Waals surface area contributed by atoms with Crippen LogP contribution in [0.5, 0.6) is 5.88 Å². The minimum atomic E-state index is 0.571. The molecule has 4 heteroatoms. The number of pyridine rings is 1. The maximum absolute atomic E-state index is 5.68. The number of benzene rings is 1. The average Bonchev–Trinajstić information content (AvgIpc) is 2.37. The Balaban J connectivity index is 2.16. The zero-order chi connectivity index (χ0) is 11.8. The highest BCUT2D eigenvalue weighted by Crippen LogP contribution is 2.37. The summed E-state index contributed by atoms with van der Waals surface area (Å²) >= 11 is 3.47. The van der Waals surface area contributed by atoms with Crippen LogP contribution in [-0.2, 0) is 6.61 Å². The molecule has 2 aromatic rings. The molecule has 1 aliphatic rings. The van der Waals surface area contributed by atoms with Gasteiger partial charge in [-0.3, -0.25) is 0 Å². The molecule has 0 aliphatic carbocycles. The van der Waals surface area contributed by atoms with Gasteiger partial charge in [0.25, 0.3) is 0 Å². The molecule has 2 heterocycles. The Kier molecular flexibility index (Phi) is 2.52. The van der Waals surface area contributed by atoms with E-state index in [1.807, 2.05) is 25.2 Å². The molecule has 1 aromatic carbocycles. The SMILES string of the molecule is CNc1ccc2c(n1)OCc1cc(Br)ccc1-2. The van der Waals surface area contributed by atoms with E-state index in [1.165, 1.54) is 11.1 Å². The molecular weight excluding hydrogens is 280 g/mol. The first-order chi connectivity index (χ1) is 8.28. The number of aromatic nitrogens is 1. The predicted molar refractivity (Wildman–Crippen MR) is 71.3 cm³/mol. The summed E-state index contributed by atoms with van der Waals surface area (Å²) in [6, 6.07) is 10.2. The normalized spacial score (nSPS) is 12.4. The Hall–Kier alpha value is -1.55. The van der Waals surface area contributed by atoms with Crippen molar-refractivity contribution in [2.45, 2.75) is 6.61 Å². The minimum Gasteiger partial charge on any atom is -0.472 e. The van der Waals surface area contributed by atoms with Crippen LogP contribution < -0.4 is 10.1 Å². The molecule has 17 heavy (non-hydrogen) atoms. The van der Waals surface area contributed by atoms with Crippen molar-refractivity contribution in [3.63, 3.8) is 0 Å². The second-order valence-electron chi connectivity index (χ2n) is 3.89. The average molecular weight is 291 g/mol. The predicted octanol–water partition coefficient (Wildman–Crippen LogP) is 3.45. The van der Waals surface area contributed by atoms with Crippen LogP contribution in [0.25, 0.3) is 11.1 Å². The molecule has 0 spiro atoms. The smallest absolute Gasteiger partial charge is 0.223 e. The molecule has 0 amide bonds. The molecule has 0 fully saturated rings. The number of anilines is 1. The zero-order valence-corrected chi connectivity index (χ0v) is 10.9. The summed E-state index contributed by atoms with van der Waals surface area (Å²) in [6.45, 7) is 0.571. The zero-order valence-electron chi connectivity index (χ0n) is 9.33. The Morgan fingerprint density at radius 1 is 1.24 bits per heavy atom. The van der Waals surface area contributed by atoms with Gasteiger partial charge in [0.2, 0.25) is 5.88 Å². The van der Waals surface area contributed by atoms with E-state index in [0.717, 1.165) is 15.9 Å². The number of hydrogen-bond acceptors (Lipinski definition) is 3. The molecule has 3 nitrogen and oxygen atoms in total. The summed E-state index contributed by atoms with van der Waals surface area (Å²) in [4.78, 5) is 4.41. The molecule has 86 valence electrons. The summed E-state index contributed by atoms with van der Waals surface area (Å²) in [5.74, 6) is 1.52. The molecule has 3 rings (SSSR count). The molecule has 0 atom stereocenters. The van der Waals surface area contributed by atoms with Gasteiger partial charge in [0.1, 0.15) is 12.4 Å². The van der Waals surface area contributed by atoms with Crippen LogP contribution in [0.3, 0.4) is 0 Å². The van der Waals surface area contributed by atoms with Crippen molar-refractivity contribution in [3.8, 4) is 17.0 Å². The maximum Gasteiger partial charge on any atom is 0.223 e. The number of ether oxygens (including phenoxy) is 1. The first kappa shape index (κ1) is 10.6. The number of hydrogen-bond donors (Lipinski definition) is 1. The molecule has 0 saturated heterocycles. The first-order valence-corrected chi connectivity index (χ1v) is 6.17. The molecule has 0 saturated carbocycles. The monoisotopic (exact) mass is 290 g/mol. The molecule has 1 aliphatic heterocycles. The van der Waals surface area contributed by atoms with Crippen LogP contribution in [0, 0.1) is 0 Å². The van der Waals surface area contributed by atoms with Crippen LogP contribution in [0.15, 0.2) is 34.8 Å². The van der Waals surface area contributed by atoms with Crippen molar-refractivity contribution in [1.29, 1.82) is 0 Å². The lowest BCUT2D eigenvalue weighted by molar-refractivity contribution is 0.290. The number of nitrogens with zero attached hydrogens (tertiary/aromatic N) is 1. The third kappa shape index (κ3) is 1.78. The Morgan fingerprint density at radius 3 is 2.88 bits per heavy atom. The minimum absolute atomic E-state index is 0.571. The van der Waals surface area contributed by atoms with Gasteiger partial charge < -0.3 is 10.1 Å². The number of fused-ring (bicyclic) bond motifs is 3. The third-order valence-corrected chi connectivity index (χ3v) is 3.33. The number of halogens is 1. The standard InChI is InChI=1S/C13H11BrN2O/c1-15-12-5-4-11-10-3-2-9(14)6-8(10)7-17-13(11)16-12/h2-6H,7H2,1H3,(H,15,16). The summed E-state index contributed by atoms with van der Waals surface area (Å²) in [7, 11) is 1.85. The Bertz CT molecular complexity index is 584. The van der Waals surface area contributed by atoms with Crippen LogP contribution in [0.4, 0.5) is 5.82 Å². The van der Waals surface area contributed by atoms with Crippen LogP contribution >= 0.6 is 15.9 Å². The van der Waals surface area contributed by atoms with Gasteiger partial charge in [0.05, 0.1) is 0 Å². The highest BCUT2D eigenvalue weighted by molar-refractivity contribution is 9.10. The van der Waals surface area contributed by atoms with Gasteiger partial charge in [-0.05, 0) is 35.4 Å². The molecule has 0 unspecified atom stereocenters. The second kappa shape index (κ2) is 4.04. The van der Waals surface area contributed by atoms with E-state index in [1.54, 1.807) is 0 Å². The lowest BCUT2D eigenvalue weighted by atomic mass is 9.99. The fourth-order valence-electron chi connectivity index (χ4n) is 1.99. The van der Waals surface area contributed by atoms with Gasteiger partial charge in [-0.1, -0.05) is 22.0 Å². The van der Waals surface area contributed by atoms with Crippen LogP contribution in [0.1, 0.15) is 5.56 Å². The van der Waals surface area contributed by atoms with E-state index in [0.29, 0.717) is 12.5 Å². The van der Waals surface area contributed by atoms with E-state index in [-0.39, 0.29) is 0 Å². The summed E-state index contributed by atoms with van der Waals surface area (Å²) in [5, 5.41) is 3.01. The first-order valence-electron chi connectivity index (χ1n) is 5.38. The fourth-order valence-corrected chi connectivity index (χ4v) is 2.39. The summed E-state index contributed by atoms with van der Waals surface area (Å²) in [5.41, 5.74) is 3.44. The van der Waals surface area contributed by atoms with Gasteiger partial charge in [-0.15, -0.1) is 0 Å². The lowest BCUT2D eigenvalue weighted by Gasteiger charge is -2.20. The van der Waals surface area contributed by atoms with E-state index < -0.39 is 0 Å². The van der Waals surface area contributed by atoms with Crippen molar-refractivity contribution >= 4 is 21.7 Å². The summed E-state index contributed by atoms with van der Waals surface area (Å²) < 4.78 is 6.75. The molecule has 1 aromatic heterocycles. The lowest BCUT2D eigenvalue weighted by Crippen LogP contribution is -2.07.